The molecule has 2 N–H and O–H groups in total. The van der Waals surface area contributed by atoms with Crippen LogP contribution in [0.3, 0.4) is 0 Å². The fourth-order valence-corrected chi connectivity index (χ4v) is 1.95. The summed E-state index contributed by atoms with van der Waals surface area (Å²) >= 11 is 0. The number of aldehydes is 1. The maximum atomic E-state index is 14.0. The topological polar surface area (TPSA) is 65.9 Å². The summed E-state index contributed by atoms with van der Waals surface area (Å²) in [5, 5.41) is 7.21. The highest BCUT2D eigenvalue weighted by atomic mass is 19.1. The highest BCUT2D eigenvalue weighted by molar-refractivity contribution is 5.85. The third-order valence-electron chi connectivity index (χ3n) is 3.16. The minimum atomic E-state index is -0.451. The number of allylic oxidation sites excluding steroid dienone is 1. The number of halogens is 1. The predicted molar refractivity (Wildman–Crippen MR) is 79.4 cm³/mol. The maximum Gasteiger partial charge on any atom is 0.168 e. The molecule has 2 aromatic rings. The molecule has 1 aromatic carbocycles. The van der Waals surface area contributed by atoms with Crippen molar-refractivity contribution in [3.8, 4) is 5.75 Å². The number of nitrogens with one attached hydrogen (secondary N) is 2. The van der Waals surface area contributed by atoms with E-state index in [1.165, 1.54) is 12.1 Å². The Balaban J connectivity index is 2.43. The van der Waals surface area contributed by atoms with Crippen molar-refractivity contribution in [2.24, 2.45) is 0 Å². The molecule has 0 aliphatic heterocycles. The number of hydrogen-bond acceptors (Lipinski definition) is 3. The van der Waals surface area contributed by atoms with Crippen LogP contribution < -0.4 is 4.74 Å². The molecule has 0 amide bonds. The minimum absolute atomic E-state index is 0.0738. The Bertz CT molecular complexity index is 717. The Morgan fingerprint density at radius 2 is 2.14 bits per heavy atom. The van der Waals surface area contributed by atoms with E-state index in [0.29, 0.717) is 22.4 Å². The summed E-state index contributed by atoms with van der Waals surface area (Å²) in [6.07, 6.45) is 4.72. The van der Waals surface area contributed by atoms with E-state index in [1.807, 2.05) is 0 Å². The molecule has 0 aliphatic rings. The summed E-state index contributed by atoms with van der Waals surface area (Å²) in [6, 6.07) is 4.85. The zero-order valence-electron chi connectivity index (χ0n) is 11.7. The van der Waals surface area contributed by atoms with Crippen molar-refractivity contribution < 1.29 is 13.9 Å². The van der Waals surface area contributed by atoms with Crippen LogP contribution >= 0.6 is 0 Å². The lowest BCUT2D eigenvalue weighted by Gasteiger charge is -2.11. The SMILES string of the molecule is Cc1cccc(O/C(=C/C=N)c2[nH]cc(C=O)c2C)c1F. The molecule has 0 atom stereocenters. The Morgan fingerprint density at radius 1 is 1.38 bits per heavy atom. The largest absolute Gasteiger partial charge is 0.452 e. The molecule has 0 radical (unpaired) electrons. The monoisotopic (exact) mass is 286 g/mol. The first-order chi connectivity index (χ1) is 10.1. The van der Waals surface area contributed by atoms with Crippen molar-refractivity contribution in [2.75, 3.05) is 0 Å². The fraction of sp³-hybridized carbons (Fsp3) is 0.125. The molecular weight excluding hydrogens is 271 g/mol. The second-order valence-electron chi connectivity index (χ2n) is 4.55. The summed E-state index contributed by atoms with van der Waals surface area (Å²) in [7, 11) is 0. The maximum absolute atomic E-state index is 14.0. The fourth-order valence-electron chi connectivity index (χ4n) is 1.95. The summed E-state index contributed by atoms with van der Waals surface area (Å²) in [5.41, 5.74) is 2.19. The molecular formula is C16H15FN2O2. The number of rotatable bonds is 5. The van der Waals surface area contributed by atoms with Crippen molar-refractivity contribution in [3.63, 3.8) is 0 Å². The molecule has 0 unspecified atom stereocenters. The Labute approximate surface area is 121 Å². The number of H-pyrrole nitrogens is 1. The van der Waals surface area contributed by atoms with Crippen LogP contribution in [0.25, 0.3) is 5.76 Å². The normalized spacial score (nSPS) is 11.3. The number of benzene rings is 1. The first kappa shape index (κ1) is 14.7. The standard InChI is InChI=1S/C16H15FN2O2/c1-10-4-3-5-13(15(10)17)21-14(6-7-18)16-11(2)12(9-20)8-19-16/h3-9,18-19H,1-2H3/b14-6+,18-7?. The highest BCUT2D eigenvalue weighted by Crippen LogP contribution is 2.27. The number of aryl methyl sites for hydroxylation is 1. The summed E-state index contributed by atoms with van der Waals surface area (Å²) < 4.78 is 19.6. The van der Waals surface area contributed by atoms with Crippen LogP contribution in [-0.2, 0) is 0 Å². The van der Waals surface area contributed by atoms with E-state index in [9.17, 15) is 9.18 Å². The quantitative estimate of drug-likeness (QED) is 0.500. The number of carbonyl (C=O) groups is 1. The van der Waals surface area contributed by atoms with Gasteiger partial charge in [-0.2, -0.15) is 0 Å². The van der Waals surface area contributed by atoms with E-state index < -0.39 is 5.82 Å². The smallest absolute Gasteiger partial charge is 0.168 e. The third kappa shape index (κ3) is 2.91. The number of carbonyl (C=O) groups excluding carboxylic acids is 1. The average Bonchev–Trinajstić information content (AvgIpc) is 2.84. The van der Waals surface area contributed by atoms with Crippen LogP contribution in [-0.4, -0.2) is 17.5 Å². The zero-order chi connectivity index (χ0) is 15.4. The van der Waals surface area contributed by atoms with Gasteiger partial charge in [0.1, 0.15) is 0 Å². The summed E-state index contributed by atoms with van der Waals surface area (Å²) in [5.74, 6) is -0.0990. The molecule has 4 nitrogen and oxygen atoms in total. The van der Waals surface area contributed by atoms with Crippen LogP contribution in [0, 0.1) is 25.1 Å². The Hall–Kier alpha value is -2.69. The number of hydrogen-bond donors (Lipinski definition) is 2. The van der Waals surface area contributed by atoms with Crippen LogP contribution in [0.15, 0.2) is 30.5 Å². The summed E-state index contributed by atoms with van der Waals surface area (Å²) in [4.78, 5) is 13.8. The molecule has 21 heavy (non-hydrogen) atoms. The first-order valence-electron chi connectivity index (χ1n) is 6.35. The molecule has 1 heterocycles. The average molecular weight is 286 g/mol. The number of ether oxygens (including phenoxy) is 1. The van der Waals surface area contributed by atoms with Crippen LogP contribution in [0.1, 0.15) is 27.2 Å². The molecule has 1 aromatic heterocycles. The summed E-state index contributed by atoms with van der Waals surface area (Å²) in [6.45, 7) is 3.40. The van der Waals surface area contributed by atoms with Gasteiger partial charge >= 0.3 is 0 Å². The predicted octanol–water partition coefficient (Wildman–Crippen LogP) is 3.65. The molecule has 108 valence electrons. The Morgan fingerprint density at radius 3 is 2.76 bits per heavy atom. The van der Waals surface area contributed by atoms with Crippen molar-refractivity contribution >= 4 is 18.3 Å². The van der Waals surface area contributed by atoms with Gasteiger partial charge in [0, 0.05) is 24.1 Å². The third-order valence-corrected chi connectivity index (χ3v) is 3.16. The van der Waals surface area contributed by atoms with Gasteiger partial charge in [-0.25, -0.2) is 4.39 Å². The molecule has 5 heteroatoms. The van der Waals surface area contributed by atoms with Gasteiger partial charge in [-0.3, -0.25) is 4.79 Å². The van der Waals surface area contributed by atoms with Crippen LogP contribution in [0.5, 0.6) is 5.75 Å². The zero-order valence-corrected chi connectivity index (χ0v) is 11.7. The van der Waals surface area contributed by atoms with Crippen molar-refractivity contribution in [3.05, 3.63) is 58.7 Å². The second kappa shape index (κ2) is 6.17. The van der Waals surface area contributed by atoms with E-state index in [-0.39, 0.29) is 11.5 Å². The number of aromatic nitrogens is 1. The van der Waals surface area contributed by atoms with Crippen molar-refractivity contribution in [1.82, 2.24) is 4.98 Å². The van der Waals surface area contributed by atoms with Crippen LogP contribution in [0.2, 0.25) is 0 Å². The first-order valence-corrected chi connectivity index (χ1v) is 6.35. The highest BCUT2D eigenvalue weighted by Gasteiger charge is 2.15. The molecule has 2 rings (SSSR count). The van der Waals surface area contributed by atoms with Crippen LogP contribution in [0.4, 0.5) is 4.39 Å². The van der Waals surface area contributed by atoms with E-state index in [1.54, 1.807) is 32.2 Å². The molecule has 0 bridgehead atoms. The minimum Gasteiger partial charge on any atom is -0.452 e. The van der Waals surface area contributed by atoms with Crippen molar-refractivity contribution in [1.29, 1.82) is 5.41 Å². The van der Waals surface area contributed by atoms with E-state index in [0.717, 1.165) is 12.5 Å². The molecule has 0 saturated carbocycles. The van der Waals surface area contributed by atoms with Gasteiger partial charge in [0.05, 0.1) is 5.69 Å². The number of aromatic amines is 1. The van der Waals surface area contributed by atoms with Gasteiger partial charge in [0.25, 0.3) is 0 Å². The lowest BCUT2D eigenvalue weighted by molar-refractivity contribution is 0.112. The molecule has 0 fully saturated rings. The Kier molecular flexibility index (Phi) is 4.33. The van der Waals surface area contributed by atoms with E-state index in [2.05, 4.69) is 4.98 Å². The van der Waals surface area contributed by atoms with Gasteiger partial charge in [0.2, 0.25) is 0 Å². The van der Waals surface area contributed by atoms with Gasteiger partial charge in [-0.1, -0.05) is 12.1 Å². The van der Waals surface area contributed by atoms with E-state index >= 15 is 0 Å². The second-order valence-corrected chi connectivity index (χ2v) is 4.55. The lowest BCUT2D eigenvalue weighted by Crippen LogP contribution is -2.00. The van der Waals surface area contributed by atoms with E-state index in [4.69, 9.17) is 10.1 Å². The molecule has 0 saturated heterocycles. The van der Waals surface area contributed by atoms with Gasteiger partial charge < -0.3 is 15.1 Å². The van der Waals surface area contributed by atoms with Gasteiger partial charge in [0.15, 0.2) is 23.6 Å². The van der Waals surface area contributed by atoms with Gasteiger partial charge in [-0.15, -0.1) is 0 Å². The molecule has 0 aliphatic carbocycles. The van der Waals surface area contributed by atoms with Gasteiger partial charge in [-0.05, 0) is 31.0 Å². The van der Waals surface area contributed by atoms with Crippen molar-refractivity contribution in [2.45, 2.75) is 13.8 Å². The lowest BCUT2D eigenvalue weighted by atomic mass is 10.1. The molecule has 0 spiro atoms.